The molecule has 0 aromatic heterocycles. The molecule has 0 aliphatic rings. The number of nitrogens with one attached hydrogen (secondary N) is 2. The van der Waals surface area contributed by atoms with Crippen LogP contribution in [0.25, 0.3) is 0 Å². The van der Waals surface area contributed by atoms with Crippen LogP contribution in [0.4, 0.5) is 0 Å². The number of hydrazine groups is 1. The molecule has 0 spiro atoms. The van der Waals surface area contributed by atoms with E-state index in [-0.39, 0.29) is 6.54 Å². The number of nitrogens with two attached hydrogens (primary N) is 1. The van der Waals surface area contributed by atoms with Crippen molar-refractivity contribution in [3.8, 4) is 0 Å². The van der Waals surface area contributed by atoms with Crippen LogP contribution in [0.2, 0.25) is 0 Å². The quantitative estimate of drug-likeness (QED) is 0.234. The average molecular weight is 203 g/mol. The first kappa shape index (κ1) is 12.9. The third kappa shape index (κ3) is 4.78. The van der Waals surface area contributed by atoms with Crippen molar-refractivity contribution in [2.45, 2.75) is 26.4 Å². The molecule has 6 heteroatoms. The molecule has 0 radical (unpaired) electrons. The molecule has 0 saturated heterocycles. The molecule has 0 rings (SSSR count). The molecule has 0 aromatic rings. The zero-order valence-corrected chi connectivity index (χ0v) is 8.72. The Balaban J connectivity index is 3.93. The minimum atomic E-state index is -0.864. The fourth-order valence-electron chi connectivity index (χ4n) is 0.881. The van der Waals surface area contributed by atoms with Gasteiger partial charge in [-0.15, -0.1) is 0 Å². The van der Waals surface area contributed by atoms with E-state index in [1.54, 1.807) is 5.43 Å². The predicted molar refractivity (Wildman–Crippen MR) is 51.0 cm³/mol. The lowest BCUT2D eigenvalue weighted by Gasteiger charge is -2.24. The van der Waals surface area contributed by atoms with Gasteiger partial charge in [0.2, 0.25) is 0 Å². The van der Waals surface area contributed by atoms with Crippen LogP contribution in [0.5, 0.6) is 0 Å². The van der Waals surface area contributed by atoms with E-state index in [0.29, 0.717) is 6.61 Å². The van der Waals surface area contributed by atoms with E-state index >= 15 is 0 Å². The van der Waals surface area contributed by atoms with Gasteiger partial charge in [-0.1, -0.05) is 0 Å². The first-order chi connectivity index (χ1) is 6.43. The first-order valence-electron chi connectivity index (χ1n) is 4.35. The Labute approximate surface area is 83.1 Å². The van der Waals surface area contributed by atoms with Gasteiger partial charge in [0.15, 0.2) is 0 Å². The predicted octanol–water partition coefficient (Wildman–Crippen LogP) is -1.09. The van der Waals surface area contributed by atoms with Gasteiger partial charge in [-0.2, -0.15) is 0 Å². The highest BCUT2D eigenvalue weighted by atomic mass is 16.5. The number of hydrogen-bond donors (Lipinski definition) is 3. The lowest BCUT2D eigenvalue weighted by Crippen LogP contribution is -2.47. The first-order valence-corrected chi connectivity index (χ1v) is 4.35. The third-order valence-corrected chi connectivity index (χ3v) is 1.55. The molecule has 82 valence electrons. The Bertz CT molecular complexity index is 216. The second-order valence-corrected chi connectivity index (χ2v) is 3.35. The lowest BCUT2D eigenvalue weighted by atomic mass is 10.1. The standard InChI is InChI=1S/C8H17N3O3/c1-4-14-8(2,3)5-10-6(12)7(13)11-9/h4-5,9H2,1-3H3,(H,10,12)(H,11,13). The second-order valence-electron chi connectivity index (χ2n) is 3.35. The highest BCUT2D eigenvalue weighted by molar-refractivity contribution is 6.34. The van der Waals surface area contributed by atoms with Gasteiger partial charge in [-0.25, -0.2) is 5.84 Å². The van der Waals surface area contributed by atoms with Crippen LogP contribution in [0.3, 0.4) is 0 Å². The summed E-state index contributed by atoms with van der Waals surface area (Å²) in [5, 5.41) is 2.40. The minimum absolute atomic E-state index is 0.257. The smallest absolute Gasteiger partial charge is 0.323 e. The zero-order valence-electron chi connectivity index (χ0n) is 8.72. The van der Waals surface area contributed by atoms with Crippen molar-refractivity contribution in [2.75, 3.05) is 13.2 Å². The summed E-state index contributed by atoms with van der Waals surface area (Å²) in [5.41, 5.74) is 1.25. The van der Waals surface area contributed by atoms with E-state index in [9.17, 15) is 9.59 Å². The van der Waals surface area contributed by atoms with Gasteiger partial charge in [-0.05, 0) is 20.8 Å². The van der Waals surface area contributed by atoms with Crippen molar-refractivity contribution in [3.05, 3.63) is 0 Å². The summed E-state index contributed by atoms with van der Waals surface area (Å²) in [6, 6.07) is 0. The molecule has 0 aromatic carbocycles. The molecule has 0 fully saturated rings. The zero-order chi connectivity index (χ0) is 11.2. The Kier molecular flexibility index (Phi) is 5.11. The van der Waals surface area contributed by atoms with Crippen LogP contribution in [-0.4, -0.2) is 30.6 Å². The van der Waals surface area contributed by atoms with Crippen molar-refractivity contribution in [2.24, 2.45) is 5.84 Å². The maximum atomic E-state index is 11.0. The summed E-state index contributed by atoms with van der Waals surface area (Å²) in [5.74, 6) is 3.15. The minimum Gasteiger partial charge on any atom is -0.374 e. The molecule has 0 heterocycles. The SMILES string of the molecule is CCOC(C)(C)CNC(=O)C(=O)NN. The highest BCUT2D eigenvalue weighted by Gasteiger charge is 2.20. The Morgan fingerprint density at radius 2 is 1.93 bits per heavy atom. The van der Waals surface area contributed by atoms with Crippen LogP contribution >= 0.6 is 0 Å². The van der Waals surface area contributed by atoms with Crippen molar-refractivity contribution in [3.63, 3.8) is 0 Å². The molecule has 6 nitrogen and oxygen atoms in total. The maximum absolute atomic E-state index is 11.0. The number of carbonyl (C=O) groups is 2. The topological polar surface area (TPSA) is 93.4 Å². The van der Waals surface area contributed by atoms with E-state index in [4.69, 9.17) is 10.6 Å². The van der Waals surface area contributed by atoms with Gasteiger partial charge < -0.3 is 10.1 Å². The van der Waals surface area contributed by atoms with E-state index in [1.165, 1.54) is 0 Å². The van der Waals surface area contributed by atoms with Crippen LogP contribution in [0.15, 0.2) is 0 Å². The van der Waals surface area contributed by atoms with Gasteiger partial charge in [0, 0.05) is 13.2 Å². The Hall–Kier alpha value is -1.14. The van der Waals surface area contributed by atoms with Gasteiger partial charge in [-0.3, -0.25) is 15.0 Å². The van der Waals surface area contributed by atoms with Gasteiger partial charge in [0.05, 0.1) is 5.60 Å². The molecule has 2 amide bonds. The normalized spacial score (nSPS) is 10.9. The van der Waals surface area contributed by atoms with Crippen molar-refractivity contribution in [1.82, 2.24) is 10.7 Å². The summed E-state index contributed by atoms with van der Waals surface area (Å²) >= 11 is 0. The van der Waals surface area contributed by atoms with Crippen LogP contribution in [0, 0.1) is 0 Å². The monoisotopic (exact) mass is 203 g/mol. The van der Waals surface area contributed by atoms with Gasteiger partial charge in [0.1, 0.15) is 0 Å². The molecule has 14 heavy (non-hydrogen) atoms. The van der Waals surface area contributed by atoms with E-state index in [0.717, 1.165) is 0 Å². The molecule has 0 bridgehead atoms. The Morgan fingerprint density at radius 3 is 2.36 bits per heavy atom. The van der Waals surface area contributed by atoms with Crippen LogP contribution < -0.4 is 16.6 Å². The Morgan fingerprint density at radius 1 is 1.36 bits per heavy atom. The molecular formula is C8H17N3O3. The maximum Gasteiger partial charge on any atom is 0.323 e. The number of rotatable bonds is 4. The highest BCUT2D eigenvalue weighted by Crippen LogP contribution is 2.06. The molecule has 0 aliphatic heterocycles. The molecule has 0 atom stereocenters. The number of ether oxygens (including phenoxy) is 1. The largest absolute Gasteiger partial charge is 0.374 e. The third-order valence-electron chi connectivity index (χ3n) is 1.55. The molecule has 0 saturated carbocycles. The number of hydrogen-bond acceptors (Lipinski definition) is 4. The summed E-state index contributed by atoms with van der Waals surface area (Å²) in [6.07, 6.45) is 0. The van der Waals surface area contributed by atoms with Crippen molar-refractivity contribution < 1.29 is 14.3 Å². The summed E-state index contributed by atoms with van der Waals surface area (Å²) in [7, 11) is 0. The number of amides is 2. The molecule has 0 aliphatic carbocycles. The molecular weight excluding hydrogens is 186 g/mol. The van der Waals surface area contributed by atoms with E-state index in [2.05, 4.69) is 5.32 Å². The fourth-order valence-corrected chi connectivity index (χ4v) is 0.881. The summed E-state index contributed by atoms with van der Waals surface area (Å²) in [4.78, 5) is 21.7. The molecule has 0 unspecified atom stereocenters. The van der Waals surface area contributed by atoms with Crippen LogP contribution in [0.1, 0.15) is 20.8 Å². The van der Waals surface area contributed by atoms with E-state index in [1.807, 2.05) is 20.8 Å². The summed E-state index contributed by atoms with van der Waals surface area (Å²) in [6.45, 7) is 6.30. The molecule has 4 N–H and O–H groups in total. The number of carbonyl (C=O) groups excluding carboxylic acids is 2. The van der Waals surface area contributed by atoms with Gasteiger partial charge in [0.25, 0.3) is 0 Å². The second kappa shape index (κ2) is 5.56. The van der Waals surface area contributed by atoms with Crippen LogP contribution in [-0.2, 0) is 14.3 Å². The van der Waals surface area contributed by atoms with Crippen molar-refractivity contribution >= 4 is 11.8 Å². The average Bonchev–Trinajstić information content (AvgIpc) is 2.13. The van der Waals surface area contributed by atoms with E-state index < -0.39 is 17.4 Å². The van der Waals surface area contributed by atoms with Gasteiger partial charge >= 0.3 is 11.8 Å². The van der Waals surface area contributed by atoms with Crippen molar-refractivity contribution in [1.29, 1.82) is 0 Å². The fraction of sp³-hybridized carbons (Fsp3) is 0.750. The lowest BCUT2D eigenvalue weighted by molar-refractivity contribution is -0.140. The summed E-state index contributed by atoms with van der Waals surface area (Å²) < 4.78 is 5.32.